The summed E-state index contributed by atoms with van der Waals surface area (Å²) in [7, 11) is 0. The molecule has 0 aliphatic rings. The molecular formula is C7H9Cl2N3. The number of nitrogen functional groups attached to an aromatic ring is 1. The van der Waals surface area contributed by atoms with E-state index in [2.05, 4.69) is 5.10 Å². The van der Waals surface area contributed by atoms with Gasteiger partial charge in [0.25, 0.3) is 0 Å². The van der Waals surface area contributed by atoms with Crippen LogP contribution in [0.5, 0.6) is 0 Å². The van der Waals surface area contributed by atoms with Crippen LogP contribution in [-0.4, -0.2) is 9.78 Å². The molecule has 66 valence electrons. The molecule has 0 bridgehead atoms. The molecule has 1 aromatic heterocycles. The van der Waals surface area contributed by atoms with Crippen LogP contribution in [0, 0.1) is 0 Å². The zero-order valence-electron chi connectivity index (χ0n) is 6.59. The van der Waals surface area contributed by atoms with Gasteiger partial charge in [-0.05, 0) is 12.5 Å². The number of nitrogens with two attached hydrogens (primary N) is 1. The highest BCUT2D eigenvalue weighted by molar-refractivity contribution is 6.32. The first-order valence-corrected chi connectivity index (χ1v) is 4.19. The molecule has 12 heavy (non-hydrogen) atoms. The van der Waals surface area contributed by atoms with E-state index in [0.29, 0.717) is 17.4 Å². The Morgan fingerprint density at radius 1 is 1.83 bits per heavy atom. The molecule has 0 atom stereocenters. The third kappa shape index (κ3) is 2.16. The molecular weight excluding hydrogens is 197 g/mol. The molecule has 0 fully saturated rings. The van der Waals surface area contributed by atoms with Crippen LogP contribution in [0.4, 0.5) is 5.82 Å². The van der Waals surface area contributed by atoms with Gasteiger partial charge in [0, 0.05) is 11.7 Å². The van der Waals surface area contributed by atoms with Crippen molar-refractivity contribution in [3.05, 3.63) is 22.3 Å². The summed E-state index contributed by atoms with van der Waals surface area (Å²) >= 11 is 11.2. The topological polar surface area (TPSA) is 43.8 Å². The van der Waals surface area contributed by atoms with E-state index in [1.54, 1.807) is 10.9 Å². The Kier molecular flexibility index (Phi) is 3.00. The van der Waals surface area contributed by atoms with E-state index in [-0.39, 0.29) is 0 Å². The predicted octanol–water partition coefficient (Wildman–Crippen LogP) is 2.26. The maximum absolute atomic E-state index is 5.70. The van der Waals surface area contributed by atoms with E-state index in [1.807, 2.05) is 6.92 Å². The third-order valence-corrected chi connectivity index (χ3v) is 2.00. The van der Waals surface area contributed by atoms with Crippen molar-refractivity contribution < 1.29 is 0 Å². The average Bonchev–Trinajstić information content (AvgIpc) is 2.31. The molecule has 1 rings (SSSR count). The number of hydrogen-bond acceptors (Lipinski definition) is 2. The van der Waals surface area contributed by atoms with E-state index < -0.39 is 0 Å². The van der Waals surface area contributed by atoms with Crippen LogP contribution in [0.15, 0.2) is 17.3 Å². The molecule has 0 saturated carbocycles. The molecule has 2 N–H and O–H groups in total. The first-order chi connectivity index (χ1) is 5.63. The maximum atomic E-state index is 5.70. The van der Waals surface area contributed by atoms with E-state index in [4.69, 9.17) is 28.9 Å². The smallest absolute Gasteiger partial charge is 0.164 e. The Balaban J connectivity index is 2.77. The number of rotatable bonds is 2. The van der Waals surface area contributed by atoms with Gasteiger partial charge in [-0.3, -0.25) is 4.68 Å². The quantitative estimate of drug-likeness (QED) is 0.806. The summed E-state index contributed by atoms with van der Waals surface area (Å²) < 4.78 is 1.64. The summed E-state index contributed by atoms with van der Waals surface area (Å²) in [6.07, 6.45) is 1.67. The third-order valence-electron chi connectivity index (χ3n) is 1.34. The first kappa shape index (κ1) is 9.42. The lowest BCUT2D eigenvalue weighted by molar-refractivity contribution is 0.681. The SMILES string of the molecule is C/C(=C\Cl)Cn1cc(Cl)c(N)n1. The second kappa shape index (κ2) is 3.83. The van der Waals surface area contributed by atoms with Crippen molar-refractivity contribution in [3.8, 4) is 0 Å². The predicted molar refractivity (Wildman–Crippen MR) is 51.3 cm³/mol. The number of hydrogen-bond donors (Lipinski definition) is 1. The van der Waals surface area contributed by atoms with Crippen LogP contribution in [0.3, 0.4) is 0 Å². The highest BCUT2D eigenvalue weighted by Gasteiger charge is 2.01. The second-order valence-corrected chi connectivity index (χ2v) is 3.14. The van der Waals surface area contributed by atoms with Gasteiger partial charge in [-0.25, -0.2) is 0 Å². The van der Waals surface area contributed by atoms with Gasteiger partial charge >= 0.3 is 0 Å². The molecule has 0 radical (unpaired) electrons. The summed E-state index contributed by atoms with van der Waals surface area (Å²) in [4.78, 5) is 0. The summed E-state index contributed by atoms with van der Waals surface area (Å²) in [5.74, 6) is 0.346. The highest BCUT2D eigenvalue weighted by atomic mass is 35.5. The minimum Gasteiger partial charge on any atom is -0.381 e. The van der Waals surface area contributed by atoms with E-state index in [1.165, 1.54) is 5.54 Å². The lowest BCUT2D eigenvalue weighted by Crippen LogP contribution is -2.00. The molecule has 0 aliphatic carbocycles. The van der Waals surface area contributed by atoms with Crippen molar-refractivity contribution in [1.29, 1.82) is 0 Å². The van der Waals surface area contributed by atoms with E-state index in [9.17, 15) is 0 Å². The van der Waals surface area contributed by atoms with E-state index in [0.717, 1.165) is 5.57 Å². The van der Waals surface area contributed by atoms with Crippen molar-refractivity contribution in [1.82, 2.24) is 9.78 Å². The Labute approximate surface area is 80.8 Å². The van der Waals surface area contributed by atoms with Gasteiger partial charge in [0.2, 0.25) is 0 Å². The van der Waals surface area contributed by atoms with Crippen molar-refractivity contribution in [2.24, 2.45) is 0 Å². The lowest BCUT2D eigenvalue weighted by atomic mass is 10.3. The molecule has 0 unspecified atom stereocenters. The molecule has 0 amide bonds. The maximum Gasteiger partial charge on any atom is 0.164 e. The zero-order valence-corrected chi connectivity index (χ0v) is 8.10. The monoisotopic (exact) mass is 205 g/mol. The van der Waals surface area contributed by atoms with Gasteiger partial charge in [-0.1, -0.05) is 23.2 Å². The molecule has 1 heterocycles. The lowest BCUT2D eigenvalue weighted by Gasteiger charge is -1.98. The highest BCUT2D eigenvalue weighted by Crippen LogP contribution is 2.15. The largest absolute Gasteiger partial charge is 0.381 e. The van der Waals surface area contributed by atoms with Crippen LogP contribution >= 0.6 is 23.2 Å². The molecule has 0 spiro atoms. The van der Waals surface area contributed by atoms with Gasteiger partial charge in [-0.15, -0.1) is 0 Å². The minimum absolute atomic E-state index is 0.346. The second-order valence-electron chi connectivity index (χ2n) is 2.52. The molecule has 0 aromatic carbocycles. The van der Waals surface area contributed by atoms with Crippen LogP contribution in [0.1, 0.15) is 6.92 Å². The first-order valence-electron chi connectivity index (χ1n) is 3.37. The Bertz CT molecular complexity index is 284. The van der Waals surface area contributed by atoms with Gasteiger partial charge < -0.3 is 5.73 Å². The molecule has 0 aliphatic heterocycles. The number of anilines is 1. The van der Waals surface area contributed by atoms with Gasteiger partial charge in [-0.2, -0.15) is 5.10 Å². The Hall–Kier alpha value is -0.670. The fourth-order valence-electron chi connectivity index (χ4n) is 0.783. The summed E-state index contributed by atoms with van der Waals surface area (Å²) in [5.41, 5.74) is 7.94. The number of halogens is 2. The number of aromatic nitrogens is 2. The van der Waals surface area contributed by atoms with Gasteiger partial charge in [0.1, 0.15) is 5.02 Å². The van der Waals surface area contributed by atoms with Crippen molar-refractivity contribution in [2.75, 3.05) is 5.73 Å². The Morgan fingerprint density at radius 2 is 2.50 bits per heavy atom. The van der Waals surface area contributed by atoms with Crippen molar-refractivity contribution >= 4 is 29.0 Å². The zero-order chi connectivity index (χ0) is 9.14. The van der Waals surface area contributed by atoms with Crippen LogP contribution in [0.2, 0.25) is 5.02 Å². The van der Waals surface area contributed by atoms with Crippen molar-refractivity contribution in [3.63, 3.8) is 0 Å². The fraction of sp³-hybridized carbons (Fsp3) is 0.286. The van der Waals surface area contributed by atoms with Crippen LogP contribution in [0.25, 0.3) is 0 Å². The van der Waals surface area contributed by atoms with Crippen LogP contribution in [-0.2, 0) is 6.54 Å². The van der Waals surface area contributed by atoms with E-state index >= 15 is 0 Å². The normalized spacial score (nSPS) is 12.1. The van der Waals surface area contributed by atoms with Crippen LogP contribution < -0.4 is 5.73 Å². The molecule has 1 aromatic rings. The average molecular weight is 206 g/mol. The van der Waals surface area contributed by atoms with Gasteiger partial charge in [0.05, 0.1) is 6.54 Å². The molecule has 0 saturated heterocycles. The number of nitrogens with zero attached hydrogens (tertiary/aromatic N) is 2. The Morgan fingerprint density at radius 3 is 2.92 bits per heavy atom. The fourth-order valence-corrected chi connectivity index (χ4v) is 1.00. The minimum atomic E-state index is 0.346. The molecule has 5 heteroatoms. The summed E-state index contributed by atoms with van der Waals surface area (Å²) in [6, 6.07) is 0. The summed E-state index contributed by atoms with van der Waals surface area (Å²) in [6.45, 7) is 2.51. The van der Waals surface area contributed by atoms with Gasteiger partial charge in [0.15, 0.2) is 5.82 Å². The standard InChI is InChI=1S/C7H9Cl2N3/c1-5(2-8)3-12-4-6(9)7(10)11-12/h2,4H,3H2,1H3,(H2,10,11)/b5-2+. The van der Waals surface area contributed by atoms with Crippen molar-refractivity contribution in [2.45, 2.75) is 13.5 Å². The molecule has 3 nitrogen and oxygen atoms in total. The summed E-state index contributed by atoms with van der Waals surface area (Å²) in [5, 5.41) is 4.43. The number of allylic oxidation sites excluding steroid dienone is 1.